The summed E-state index contributed by atoms with van der Waals surface area (Å²) in [7, 11) is 0. The SMILES string of the molecule is CCNC(=O)CCNC(=O)CC1COCCN1. The lowest BCUT2D eigenvalue weighted by Crippen LogP contribution is -2.44. The van der Waals surface area contributed by atoms with Gasteiger partial charge in [-0.15, -0.1) is 0 Å². The number of ether oxygens (including phenoxy) is 1. The van der Waals surface area contributed by atoms with E-state index in [2.05, 4.69) is 16.0 Å². The van der Waals surface area contributed by atoms with Crippen molar-refractivity contribution in [2.45, 2.75) is 25.8 Å². The maximum Gasteiger partial charge on any atom is 0.221 e. The zero-order valence-electron chi connectivity index (χ0n) is 10.3. The predicted molar refractivity (Wildman–Crippen MR) is 63.5 cm³/mol. The van der Waals surface area contributed by atoms with Crippen molar-refractivity contribution in [1.29, 1.82) is 0 Å². The summed E-state index contributed by atoms with van der Waals surface area (Å²) >= 11 is 0. The second-order valence-corrected chi connectivity index (χ2v) is 3.98. The van der Waals surface area contributed by atoms with Crippen molar-refractivity contribution in [3.8, 4) is 0 Å². The van der Waals surface area contributed by atoms with Gasteiger partial charge in [0, 0.05) is 38.5 Å². The molecule has 0 aromatic heterocycles. The molecule has 6 nitrogen and oxygen atoms in total. The quantitative estimate of drug-likeness (QED) is 0.559. The fourth-order valence-corrected chi connectivity index (χ4v) is 1.65. The van der Waals surface area contributed by atoms with Crippen molar-refractivity contribution in [1.82, 2.24) is 16.0 Å². The molecule has 17 heavy (non-hydrogen) atoms. The average Bonchev–Trinajstić information content (AvgIpc) is 2.30. The van der Waals surface area contributed by atoms with E-state index in [0.29, 0.717) is 39.1 Å². The highest BCUT2D eigenvalue weighted by atomic mass is 16.5. The summed E-state index contributed by atoms with van der Waals surface area (Å²) in [6, 6.07) is 0.0909. The van der Waals surface area contributed by atoms with Crippen LogP contribution in [0.5, 0.6) is 0 Å². The van der Waals surface area contributed by atoms with Crippen molar-refractivity contribution >= 4 is 11.8 Å². The van der Waals surface area contributed by atoms with Gasteiger partial charge in [-0.05, 0) is 6.92 Å². The van der Waals surface area contributed by atoms with E-state index in [4.69, 9.17) is 4.74 Å². The van der Waals surface area contributed by atoms with E-state index in [-0.39, 0.29) is 17.9 Å². The molecule has 3 N–H and O–H groups in total. The molecule has 2 amide bonds. The monoisotopic (exact) mass is 243 g/mol. The number of nitrogens with one attached hydrogen (secondary N) is 3. The number of carbonyl (C=O) groups excluding carboxylic acids is 2. The normalized spacial score (nSPS) is 19.7. The lowest BCUT2D eigenvalue weighted by Gasteiger charge is -2.23. The first kappa shape index (κ1) is 13.9. The molecular weight excluding hydrogens is 222 g/mol. The van der Waals surface area contributed by atoms with Crippen LogP contribution in [0.4, 0.5) is 0 Å². The van der Waals surface area contributed by atoms with Gasteiger partial charge in [0.1, 0.15) is 0 Å². The molecule has 1 aliphatic rings. The third kappa shape index (κ3) is 6.23. The Hall–Kier alpha value is -1.14. The van der Waals surface area contributed by atoms with Crippen LogP contribution >= 0.6 is 0 Å². The number of rotatable bonds is 6. The molecule has 0 aromatic rings. The molecule has 1 atom stereocenters. The molecule has 6 heteroatoms. The van der Waals surface area contributed by atoms with Crippen molar-refractivity contribution in [3.05, 3.63) is 0 Å². The summed E-state index contributed by atoms with van der Waals surface area (Å²) in [6.45, 7) is 4.94. The van der Waals surface area contributed by atoms with Gasteiger partial charge in [-0.1, -0.05) is 0 Å². The Morgan fingerprint density at radius 3 is 2.82 bits per heavy atom. The van der Waals surface area contributed by atoms with Crippen molar-refractivity contribution < 1.29 is 14.3 Å². The Kier molecular flexibility index (Phi) is 6.57. The summed E-state index contributed by atoms with van der Waals surface area (Å²) in [5, 5.41) is 8.61. The summed E-state index contributed by atoms with van der Waals surface area (Å²) in [5.41, 5.74) is 0. The summed E-state index contributed by atoms with van der Waals surface area (Å²) in [5.74, 6) is -0.0794. The Morgan fingerprint density at radius 1 is 1.35 bits per heavy atom. The molecule has 0 bridgehead atoms. The first-order chi connectivity index (χ1) is 8.22. The van der Waals surface area contributed by atoms with Crippen LogP contribution in [-0.4, -0.2) is 50.7 Å². The highest BCUT2D eigenvalue weighted by molar-refractivity contribution is 5.79. The Balaban J connectivity index is 2.06. The largest absolute Gasteiger partial charge is 0.378 e. The fraction of sp³-hybridized carbons (Fsp3) is 0.818. The van der Waals surface area contributed by atoms with E-state index in [1.807, 2.05) is 6.92 Å². The second-order valence-electron chi connectivity index (χ2n) is 3.98. The maximum atomic E-state index is 11.5. The number of hydrogen-bond acceptors (Lipinski definition) is 4. The van der Waals surface area contributed by atoms with E-state index < -0.39 is 0 Å². The van der Waals surface area contributed by atoms with Gasteiger partial charge in [-0.3, -0.25) is 9.59 Å². The second kappa shape index (κ2) is 8.03. The zero-order chi connectivity index (χ0) is 12.5. The highest BCUT2D eigenvalue weighted by Crippen LogP contribution is 1.97. The Morgan fingerprint density at radius 2 is 2.18 bits per heavy atom. The molecule has 1 unspecified atom stereocenters. The van der Waals surface area contributed by atoms with Gasteiger partial charge in [0.05, 0.1) is 13.2 Å². The molecule has 0 aliphatic carbocycles. The van der Waals surface area contributed by atoms with Crippen LogP contribution in [0, 0.1) is 0 Å². The number of amides is 2. The first-order valence-electron chi connectivity index (χ1n) is 6.07. The molecule has 0 aromatic carbocycles. The third-order valence-electron chi connectivity index (χ3n) is 2.48. The standard InChI is InChI=1S/C11H21N3O3/c1-2-12-10(15)3-4-14-11(16)7-9-8-17-6-5-13-9/h9,13H,2-8H2,1H3,(H,12,15)(H,14,16). The molecule has 1 heterocycles. The van der Waals surface area contributed by atoms with Gasteiger partial charge >= 0.3 is 0 Å². The van der Waals surface area contributed by atoms with Crippen LogP contribution in [0.1, 0.15) is 19.8 Å². The van der Waals surface area contributed by atoms with Gasteiger partial charge in [0.2, 0.25) is 11.8 Å². The summed E-state index contributed by atoms with van der Waals surface area (Å²) in [6.07, 6.45) is 0.726. The van der Waals surface area contributed by atoms with Crippen molar-refractivity contribution in [2.24, 2.45) is 0 Å². The fourth-order valence-electron chi connectivity index (χ4n) is 1.65. The molecule has 1 rings (SSSR count). The molecule has 1 fully saturated rings. The minimum absolute atomic E-state index is 0.0353. The number of carbonyl (C=O) groups is 2. The van der Waals surface area contributed by atoms with E-state index >= 15 is 0 Å². The van der Waals surface area contributed by atoms with Crippen LogP contribution in [0.25, 0.3) is 0 Å². The van der Waals surface area contributed by atoms with E-state index in [1.165, 1.54) is 0 Å². The van der Waals surface area contributed by atoms with Gasteiger partial charge in [0.15, 0.2) is 0 Å². The van der Waals surface area contributed by atoms with Crippen molar-refractivity contribution in [3.63, 3.8) is 0 Å². The Bertz CT molecular complexity index is 252. The lowest BCUT2D eigenvalue weighted by molar-refractivity contribution is -0.123. The predicted octanol–water partition coefficient (Wildman–Crippen LogP) is -0.993. The van der Waals surface area contributed by atoms with Crippen molar-refractivity contribution in [2.75, 3.05) is 32.8 Å². The third-order valence-corrected chi connectivity index (χ3v) is 2.48. The minimum Gasteiger partial charge on any atom is -0.378 e. The smallest absolute Gasteiger partial charge is 0.221 e. The molecule has 98 valence electrons. The maximum absolute atomic E-state index is 11.5. The van der Waals surface area contributed by atoms with E-state index in [9.17, 15) is 9.59 Å². The summed E-state index contributed by atoms with van der Waals surface area (Å²) in [4.78, 5) is 22.6. The topological polar surface area (TPSA) is 79.5 Å². The van der Waals surface area contributed by atoms with Gasteiger partial charge < -0.3 is 20.7 Å². The number of hydrogen-bond donors (Lipinski definition) is 3. The zero-order valence-corrected chi connectivity index (χ0v) is 10.3. The van der Waals surface area contributed by atoms with Crippen LogP contribution < -0.4 is 16.0 Å². The molecule has 1 aliphatic heterocycles. The van der Waals surface area contributed by atoms with Crippen LogP contribution in [-0.2, 0) is 14.3 Å². The van der Waals surface area contributed by atoms with E-state index in [0.717, 1.165) is 6.54 Å². The molecule has 0 spiro atoms. The van der Waals surface area contributed by atoms with E-state index in [1.54, 1.807) is 0 Å². The van der Waals surface area contributed by atoms with Crippen LogP contribution in [0.3, 0.4) is 0 Å². The van der Waals surface area contributed by atoms with Crippen LogP contribution in [0.15, 0.2) is 0 Å². The molecular formula is C11H21N3O3. The molecule has 0 radical (unpaired) electrons. The average molecular weight is 243 g/mol. The molecule has 1 saturated heterocycles. The Labute approximate surface area is 101 Å². The van der Waals surface area contributed by atoms with Gasteiger partial charge in [-0.25, -0.2) is 0 Å². The lowest BCUT2D eigenvalue weighted by atomic mass is 10.2. The minimum atomic E-state index is -0.0442. The summed E-state index contributed by atoms with van der Waals surface area (Å²) < 4.78 is 5.25. The number of morpholine rings is 1. The van der Waals surface area contributed by atoms with Gasteiger partial charge in [-0.2, -0.15) is 0 Å². The first-order valence-corrected chi connectivity index (χ1v) is 6.07. The highest BCUT2D eigenvalue weighted by Gasteiger charge is 2.16. The molecule has 0 saturated carbocycles. The van der Waals surface area contributed by atoms with Gasteiger partial charge in [0.25, 0.3) is 0 Å². The van der Waals surface area contributed by atoms with Crippen LogP contribution in [0.2, 0.25) is 0 Å².